The number of hydrogen-bond donors (Lipinski definition) is 1. The second kappa shape index (κ2) is 8.63. The summed E-state index contributed by atoms with van der Waals surface area (Å²) in [6.45, 7) is 4.92. The first-order chi connectivity index (χ1) is 13.3. The summed E-state index contributed by atoms with van der Waals surface area (Å²) in [5, 5.41) is 2.94. The van der Waals surface area contributed by atoms with Crippen LogP contribution in [0.2, 0.25) is 0 Å². The Morgan fingerprint density at radius 3 is 2.75 bits per heavy atom. The van der Waals surface area contributed by atoms with Crippen LogP contribution in [0, 0.1) is 19.8 Å². The molecule has 1 aromatic carbocycles. The predicted molar refractivity (Wildman–Crippen MR) is 110 cm³/mol. The summed E-state index contributed by atoms with van der Waals surface area (Å²) < 4.78 is 32.8. The maximum atomic E-state index is 12.8. The average Bonchev–Trinajstić information content (AvgIpc) is 3.14. The van der Waals surface area contributed by atoms with Crippen molar-refractivity contribution in [2.75, 3.05) is 20.2 Å². The smallest absolute Gasteiger partial charge is 0.252 e. The van der Waals surface area contributed by atoms with Gasteiger partial charge in [0.25, 0.3) is 10.0 Å². The number of carbonyl (C=O) groups excluding carboxylic acids is 1. The minimum absolute atomic E-state index is 0.109. The number of hydrogen-bond acceptors (Lipinski definition) is 5. The molecule has 1 fully saturated rings. The van der Waals surface area contributed by atoms with E-state index in [1.807, 2.05) is 38.1 Å². The molecular formula is C20H26N2O4S2. The fraction of sp³-hybridized carbons (Fsp3) is 0.450. The average molecular weight is 423 g/mol. The topological polar surface area (TPSA) is 75.7 Å². The molecule has 8 heteroatoms. The molecule has 1 atom stereocenters. The van der Waals surface area contributed by atoms with Crippen LogP contribution in [-0.2, 0) is 21.4 Å². The molecule has 2 aromatic rings. The Kier molecular flexibility index (Phi) is 6.42. The molecule has 0 radical (unpaired) electrons. The first kappa shape index (κ1) is 20.8. The summed E-state index contributed by atoms with van der Waals surface area (Å²) in [6, 6.07) is 9.27. The molecule has 1 saturated heterocycles. The van der Waals surface area contributed by atoms with Crippen LogP contribution in [0.1, 0.15) is 28.8 Å². The van der Waals surface area contributed by atoms with Crippen LogP contribution in [0.15, 0.2) is 34.5 Å². The molecule has 1 unspecified atom stereocenters. The fourth-order valence-electron chi connectivity index (χ4n) is 3.36. The lowest BCUT2D eigenvalue weighted by Gasteiger charge is -2.30. The zero-order valence-electron chi connectivity index (χ0n) is 16.4. The van der Waals surface area contributed by atoms with Gasteiger partial charge in [-0.25, -0.2) is 8.42 Å². The van der Waals surface area contributed by atoms with Crippen LogP contribution in [0.25, 0.3) is 0 Å². The highest BCUT2D eigenvalue weighted by atomic mass is 32.2. The molecule has 1 amide bonds. The van der Waals surface area contributed by atoms with Gasteiger partial charge in [0.1, 0.15) is 9.96 Å². The van der Waals surface area contributed by atoms with E-state index in [0.29, 0.717) is 30.1 Å². The van der Waals surface area contributed by atoms with Gasteiger partial charge in [0.15, 0.2) is 0 Å². The van der Waals surface area contributed by atoms with E-state index in [1.54, 1.807) is 13.2 Å². The Balaban J connectivity index is 1.63. The quantitative estimate of drug-likeness (QED) is 0.776. The number of methoxy groups -OCH3 is 1. The van der Waals surface area contributed by atoms with Crippen molar-refractivity contribution in [3.63, 3.8) is 0 Å². The molecule has 1 aromatic heterocycles. The number of ether oxygens (including phenoxy) is 1. The van der Waals surface area contributed by atoms with Gasteiger partial charge < -0.3 is 10.1 Å². The number of thiophene rings is 1. The molecule has 1 aliphatic rings. The van der Waals surface area contributed by atoms with Gasteiger partial charge in [0.2, 0.25) is 5.91 Å². The minimum atomic E-state index is -3.53. The number of nitrogens with one attached hydrogen (secondary N) is 1. The van der Waals surface area contributed by atoms with E-state index < -0.39 is 10.0 Å². The normalized spacial score (nSPS) is 18.0. The summed E-state index contributed by atoms with van der Waals surface area (Å²) in [6.07, 6.45) is 1.37. The molecule has 1 aliphatic heterocycles. The summed E-state index contributed by atoms with van der Waals surface area (Å²) in [5.41, 5.74) is 1.99. The lowest BCUT2D eigenvalue weighted by Crippen LogP contribution is -2.45. The van der Waals surface area contributed by atoms with Crippen molar-refractivity contribution in [3.8, 4) is 5.75 Å². The van der Waals surface area contributed by atoms with Crippen LogP contribution in [-0.4, -0.2) is 38.8 Å². The van der Waals surface area contributed by atoms with Gasteiger partial charge in [-0.1, -0.05) is 12.1 Å². The van der Waals surface area contributed by atoms with Gasteiger partial charge in [-0.3, -0.25) is 4.79 Å². The van der Waals surface area contributed by atoms with Crippen molar-refractivity contribution in [1.82, 2.24) is 9.62 Å². The lowest BCUT2D eigenvalue weighted by atomic mass is 9.98. The number of piperidine rings is 1. The van der Waals surface area contributed by atoms with E-state index in [0.717, 1.165) is 21.8 Å². The highest BCUT2D eigenvalue weighted by Crippen LogP contribution is 2.28. The third-order valence-corrected chi connectivity index (χ3v) is 8.34. The van der Waals surface area contributed by atoms with Crippen molar-refractivity contribution in [2.24, 2.45) is 5.92 Å². The van der Waals surface area contributed by atoms with Crippen molar-refractivity contribution in [2.45, 2.75) is 37.4 Å². The summed E-state index contributed by atoms with van der Waals surface area (Å²) >= 11 is 1.27. The van der Waals surface area contributed by atoms with Crippen molar-refractivity contribution in [3.05, 3.63) is 46.3 Å². The lowest BCUT2D eigenvalue weighted by molar-refractivity contribution is -0.126. The number of amides is 1. The Labute approximate surface area is 170 Å². The van der Waals surface area contributed by atoms with E-state index >= 15 is 0 Å². The number of sulfonamides is 1. The molecule has 28 heavy (non-hydrogen) atoms. The maximum Gasteiger partial charge on any atom is 0.252 e. The van der Waals surface area contributed by atoms with E-state index in [2.05, 4.69) is 5.32 Å². The number of carbonyl (C=O) groups is 1. The largest absolute Gasteiger partial charge is 0.496 e. The summed E-state index contributed by atoms with van der Waals surface area (Å²) in [5.74, 6) is 0.339. The molecule has 2 heterocycles. The van der Waals surface area contributed by atoms with Gasteiger partial charge in [0, 0.05) is 24.5 Å². The van der Waals surface area contributed by atoms with Crippen molar-refractivity contribution >= 4 is 27.3 Å². The van der Waals surface area contributed by atoms with Crippen molar-refractivity contribution < 1.29 is 17.9 Å². The molecule has 0 spiro atoms. The molecule has 0 bridgehead atoms. The van der Waals surface area contributed by atoms with E-state index in [-0.39, 0.29) is 18.4 Å². The SMILES string of the molecule is COc1cc(CNC(=O)C2CCCN(S(=O)(=O)c3ccc(C)s3)C2)ccc1C. The molecule has 0 saturated carbocycles. The molecule has 0 aliphatic carbocycles. The van der Waals surface area contributed by atoms with E-state index in [4.69, 9.17) is 4.74 Å². The van der Waals surface area contributed by atoms with Gasteiger partial charge >= 0.3 is 0 Å². The van der Waals surface area contributed by atoms with Crippen LogP contribution < -0.4 is 10.1 Å². The molecule has 1 N–H and O–H groups in total. The van der Waals surface area contributed by atoms with E-state index in [9.17, 15) is 13.2 Å². The van der Waals surface area contributed by atoms with Crippen LogP contribution >= 0.6 is 11.3 Å². The van der Waals surface area contributed by atoms with Crippen LogP contribution in [0.5, 0.6) is 5.75 Å². The number of benzene rings is 1. The number of rotatable bonds is 6. The summed E-state index contributed by atoms with van der Waals surface area (Å²) in [4.78, 5) is 13.6. The zero-order valence-corrected chi connectivity index (χ0v) is 18.0. The molecule has 6 nitrogen and oxygen atoms in total. The predicted octanol–water partition coefficient (Wildman–Crippen LogP) is 3.09. The number of nitrogens with zero attached hydrogens (tertiary/aromatic N) is 1. The number of aryl methyl sites for hydroxylation is 2. The second-order valence-electron chi connectivity index (χ2n) is 7.09. The standard InChI is InChI=1S/C20H26N2O4S2/c1-14-6-8-16(11-18(14)26-3)12-21-20(23)17-5-4-10-22(13-17)28(24,25)19-9-7-15(2)27-19/h6-9,11,17H,4-5,10,12-13H2,1-3H3,(H,21,23). The van der Waals surface area contributed by atoms with E-state index in [1.165, 1.54) is 15.6 Å². The van der Waals surface area contributed by atoms with Gasteiger partial charge in [-0.15, -0.1) is 11.3 Å². The minimum Gasteiger partial charge on any atom is -0.496 e. The molecule has 152 valence electrons. The Morgan fingerprint density at radius 2 is 2.07 bits per heavy atom. The van der Waals surface area contributed by atoms with Crippen LogP contribution in [0.3, 0.4) is 0 Å². The third-order valence-electron chi connectivity index (χ3n) is 5.00. The first-order valence-corrected chi connectivity index (χ1v) is 11.5. The third kappa shape index (κ3) is 4.56. The highest BCUT2D eigenvalue weighted by Gasteiger charge is 2.33. The van der Waals surface area contributed by atoms with Gasteiger partial charge in [-0.05, 0) is 56.0 Å². The fourth-order valence-corrected chi connectivity index (χ4v) is 6.32. The monoisotopic (exact) mass is 422 g/mol. The maximum absolute atomic E-state index is 12.8. The molecular weight excluding hydrogens is 396 g/mol. The van der Waals surface area contributed by atoms with Gasteiger partial charge in [-0.2, -0.15) is 4.31 Å². The van der Waals surface area contributed by atoms with Crippen molar-refractivity contribution in [1.29, 1.82) is 0 Å². The first-order valence-electron chi connectivity index (χ1n) is 9.29. The second-order valence-corrected chi connectivity index (χ2v) is 10.5. The Morgan fingerprint density at radius 1 is 1.29 bits per heavy atom. The van der Waals surface area contributed by atoms with Gasteiger partial charge in [0.05, 0.1) is 13.0 Å². The zero-order chi connectivity index (χ0) is 20.3. The highest BCUT2D eigenvalue weighted by molar-refractivity contribution is 7.91. The molecule has 3 rings (SSSR count). The van der Waals surface area contributed by atoms with Crippen LogP contribution in [0.4, 0.5) is 0 Å². The Bertz CT molecular complexity index is 953. The Hall–Kier alpha value is -1.90. The summed E-state index contributed by atoms with van der Waals surface area (Å²) in [7, 11) is -1.91.